The summed E-state index contributed by atoms with van der Waals surface area (Å²) in [6, 6.07) is 9.57. The lowest BCUT2D eigenvalue weighted by Gasteiger charge is -2.02. The first-order chi connectivity index (χ1) is 7.33. The Morgan fingerprint density at radius 1 is 1.60 bits per heavy atom. The summed E-state index contributed by atoms with van der Waals surface area (Å²) in [6.07, 6.45) is 0.0788. The Hall–Kier alpha value is -2.02. The van der Waals surface area contributed by atoms with Crippen molar-refractivity contribution in [2.75, 3.05) is 7.11 Å². The maximum Gasteiger partial charge on any atom is 0.218 e. The molecule has 4 heteroatoms. The number of ether oxygens (including phenoxy) is 1. The lowest BCUT2D eigenvalue weighted by Crippen LogP contribution is -2.05. The van der Waals surface area contributed by atoms with E-state index in [1.165, 1.54) is 0 Å². The molecule has 76 valence electrons. The van der Waals surface area contributed by atoms with Crippen LogP contribution in [0.2, 0.25) is 0 Å². The highest BCUT2D eigenvalue weighted by molar-refractivity contribution is 6.01. The van der Waals surface area contributed by atoms with E-state index in [2.05, 4.69) is 5.16 Å². The largest absolute Gasteiger partial charge is 0.497 e. The van der Waals surface area contributed by atoms with Crippen LogP contribution < -0.4 is 4.74 Å². The summed E-state index contributed by atoms with van der Waals surface area (Å²) < 4.78 is 5.11. The van der Waals surface area contributed by atoms with Gasteiger partial charge in [-0.3, -0.25) is 0 Å². The molecule has 1 aromatic rings. The number of oxime groups is 1. The van der Waals surface area contributed by atoms with Crippen LogP contribution in [0.1, 0.15) is 12.0 Å². The van der Waals surface area contributed by atoms with Crippen LogP contribution in [-0.4, -0.2) is 18.9 Å². The van der Waals surface area contributed by atoms with Crippen LogP contribution in [0.25, 0.3) is 0 Å². The SMILES string of the molecule is COc1cccc(C2=NOC(C#N)C2)c1. The predicted molar refractivity (Wildman–Crippen MR) is 54.6 cm³/mol. The Morgan fingerprint density at radius 2 is 2.47 bits per heavy atom. The van der Waals surface area contributed by atoms with E-state index in [0.29, 0.717) is 6.42 Å². The van der Waals surface area contributed by atoms with E-state index in [1.54, 1.807) is 7.11 Å². The first kappa shape index (κ1) is 9.53. The van der Waals surface area contributed by atoms with Gasteiger partial charge in [-0.15, -0.1) is 0 Å². The molecule has 0 saturated carbocycles. The van der Waals surface area contributed by atoms with Gasteiger partial charge in [0.1, 0.15) is 11.8 Å². The molecule has 0 N–H and O–H groups in total. The second-order valence-corrected chi connectivity index (χ2v) is 3.20. The van der Waals surface area contributed by atoms with Gasteiger partial charge in [0.15, 0.2) is 0 Å². The molecule has 1 heterocycles. The molecule has 0 radical (unpaired) electrons. The van der Waals surface area contributed by atoms with E-state index >= 15 is 0 Å². The third kappa shape index (κ3) is 1.91. The van der Waals surface area contributed by atoms with E-state index in [0.717, 1.165) is 17.0 Å². The smallest absolute Gasteiger partial charge is 0.218 e. The maximum absolute atomic E-state index is 8.66. The fourth-order valence-electron chi connectivity index (χ4n) is 1.42. The van der Waals surface area contributed by atoms with Crippen LogP contribution in [0.5, 0.6) is 5.75 Å². The molecule has 15 heavy (non-hydrogen) atoms. The Kier molecular flexibility index (Phi) is 2.55. The van der Waals surface area contributed by atoms with Crippen molar-refractivity contribution >= 4 is 5.71 Å². The van der Waals surface area contributed by atoms with Gasteiger partial charge in [-0.25, -0.2) is 0 Å². The van der Waals surface area contributed by atoms with Crippen LogP contribution in [0.3, 0.4) is 0 Å². The zero-order chi connectivity index (χ0) is 10.7. The lowest BCUT2D eigenvalue weighted by molar-refractivity contribution is 0.125. The lowest BCUT2D eigenvalue weighted by atomic mass is 10.1. The monoisotopic (exact) mass is 202 g/mol. The second-order valence-electron chi connectivity index (χ2n) is 3.20. The highest BCUT2D eigenvalue weighted by Gasteiger charge is 2.21. The second kappa shape index (κ2) is 4.01. The number of rotatable bonds is 2. The van der Waals surface area contributed by atoms with Crippen molar-refractivity contribution in [3.63, 3.8) is 0 Å². The van der Waals surface area contributed by atoms with Gasteiger partial charge in [0, 0.05) is 12.0 Å². The van der Waals surface area contributed by atoms with Gasteiger partial charge >= 0.3 is 0 Å². The summed E-state index contributed by atoms with van der Waals surface area (Å²) in [6.45, 7) is 0. The van der Waals surface area contributed by atoms with Crippen molar-refractivity contribution in [1.29, 1.82) is 5.26 Å². The van der Waals surface area contributed by atoms with Crippen molar-refractivity contribution in [1.82, 2.24) is 0 Å². The van der Waals surface area contributed by atoms with Gasteiger partial charge in [0.25, 0.3) is 0 Å². The molecule has 1 aliphatic rings. The van der Waals surface area contributed by atoms with E-state index < -0.39 is 6.10 Å². The molecule has 1 aromatic carbocycles. The third-order valence-corrected chi connectivity index (χ3v) is 2.22. The molecule has 1 atom stereocenters. The van der Waals surface area contributed by atoms with E-state index in [9.17, 15) is 0 Å². The Morgan fingerprint density at radius 3 is 3.13 bits per heavy atom. The van der Waals surface area contributed by atoms with Gasteiger partial charge in [0.05, 0.1) is 12.8 Å². The summed E-state index contributed by atoms with van der Waals surface area (Å²) in [4.78, 5) is 4.93. The summed E-state index contributed by atoms with van der Waals surface area (Å²) >= 11 is 0. The zero-order valence-electron chi connectivity index (χ0n) is 8.30. The van der Waals surface area contributed by atoms with Gasteiger partial charge in [-0.1, -0.05) is 17.3 Å². The van der Waals surface area contributed by atoms with E-state index in [1.807, 2.05) is 30.3 Å². The van der Waals surface area contributed by atoms with Crippen LogP contribution in [0.4, 0.5) is 0 Å². The molecule has 0 spiro atoms. The van der Waals surface area contributed by atoms with Gasteiger partial charge < -0.3 is 9.57 Å². The molecular weight excluding hydrogens is 192 g/mol. The molecule has 1 unspecified atom stereocenters. The van der Waals surface area contributed by atoms with Crippen molar-refractivity contribution in [2.45, 2.75) is 12.5 Å². The minimum Gasteiger partial charge on any atom is -0.497 e. The third-order valence-electron chi connectivity index (χ3n) is 2.22. The molecule has 0 fully saturated rings. The Bertz CT molecular complexity index is 434. The minimum atomic E-state index is -0.453. The Balaban J connectivity index is 2.21. The fraction of sp³-hybridized carbons (Fsp3) is 0.273. The first-order valence-electron chi connectivity index (χ1n) is 4.60. The highest BCUT2D eigenvalue weighted by atomic mass is 16.6. The molecule has 2 rings (SSSR count). The van der Waals surface area contributed by atoms with Crippen molar-refractivity contribution < 1.29 is 9.57 Å². The van der Waals surface area contributed by atoms with Crippen LogP contribution >= 0.6 is 0 Å². The fourth-order valence-corrected chi connectivity index (χ4v) is 1.42. The summed E-state index contributed by atoms with van der Waals surface area (Å²) in [5.41, 5.74) is 1.73. The number of hydrogen-bond acceptors (Lipinski definition) is 4. The molecule has 1 aliphatic heterocycles. The minimum absolute atomic E-state index is 0.453. The number of nitrogens with zero attached hydrogens (tertiary/aromatic N) is 2. The summed E-state index contributed by atoms with van der Waals surface area (Å²) in [5.74, 6) is 0.774. The normalized spacial score (nSPS) is 18.9. The maximum atomic E-state index is 8.66. The van der Waals surface area contributed by atoms with Crippen LogP contribution in [0.15, 0.2) is 29.4 Å². The van der Waals surface area contributed by atoms with Crippen LogP contribution in [-0.2, 0) is 4.84 Å². The predicted octanol–water partition coefficient (Wildman–Crippen LogP) is 1.71. The molecule has 0 aromatic heterocycles. The van der Waals surface area contributed by atoms with Gasteiger partial charge in [-0.2, -0.15) is 5.26 Å². The van der Waals surface area contributed by atoms with Gasteiger partial charge in [0.2, 0.25) is 6.10 Å². The molecule has 4 nitrogen and oxygen atoms in total. The zero-order valence-corrected chi connectivity index (χ0v) is 8.30. The number of methoxy groups -OCH3 is 1. The van der Waals surface area contributed by atoms with Crippen molar-refractivity contribution in [2.24, 2.45) is 5.16 Å². The molecule has 0 amide bonds. The highest BCUT2D eigenvalue weighted by Crippen LogP contribution is 2.19. The van der Waals surface area contributed by atoms with Crippen molar-refractivity contribution in [3.8, 4) is 11.8 Å². The standard InChI is InChI=1S/C11H10N2O2/c1-14-9-4-2-3-8(5-9)11-6-10(7-12)15-13-11/h2-5,10H,6H2,1H3. The van der Waals surface area contributed by atoms with Crippen LogP contribution in [0, 0.1) is 11.3 Å². The summed E-state index contributed by atoms with van der Waals surface area (Å²) in [7, 11) is 1.62. The molecular formula is C11H10N2O2. The number of hydrogen-bond donors (Lipinski definition) is 0. The molecule has 0 saturated heterocycles. The quantitative estimate of drug-likeness (QED) is 0.733. The summed E-state index contributed by atoms with van der Waals surface area (Å²) in [5, 5.41) is 12.5. The average Bonchev–Trinajstić information content (AvgIpc) is 2.78. The number of nitriles is 1. The topological polar surface area (TPSA) is 54.6 Å². The number of benzene rings is 1. The molecule has 0 aliphatic carbocycles. The average molecular weight is 202 g/mol. The van der Waals surface area contributed by atoms with Gasteiger partial charge in [-0.05, 0) is 12.1 Å². The first-order valence-corrected chi connectivity index (χ1v) is 4.60. The van der Waals surface area contributed by atoms with E-state index in [4.69, 9.17) is 14.8 Å². The molecule has 0 bridgehead atoms. The van der Waals surface area contributed by atoms with E-state index in [-0.39, 0.29) is 0 Å². The Labute approximate surface area is 87.7 Å². The van der Waals surface area contributed by atoms with Crippen molar-refractivity contribution in [3.05, 3.63) is 29.8 Å².